The molecule has 0 saturated carbocycles. The van der Waals surface area contributed by atoms with E-state index in [0.29, 0.717) is 17.4 Å². The van der Waals surface area contributed by atoms with Gasteiger partial charge in [-0.05, 0) is 51.4 Å². The molecule has 74 heavy (non-hydrogen) atoms. The quantitative estimate of drug-likeness (QED) is 0.0195. The third-order valence-electron chi connectivity index (χ3n) is 13.3. The maximum atomic E-state index is 12.7. The van der Waals surface area contributed by atoms with Crippen LogP contribution in [0.25, 0.3) is 0 Å². The number of nitrogens with zero attached hydrogens (tertiary/aromatic N) is 1. The number of rotatable bonds is 56. The van der Waals surface area contributed by atoms with Gasteiger partial charge in [0.05, 0.1) is 27.7 Å². The first-order chi connectivity index (χ1) is 36.0. The van der Waals surface area contributed by atoms with Crippen molar-refractivity contribution in [1.82, 2.24) is 0 Å². The van der Waals surface area contributed by atoms with E-state index in [-0.39, 0.29) is 26.1 Å². The summed E-state index contributed by atoms with van der Waals surface area (Å²) in [6.07, 6.45) is 72.8. The summed E-state index contributed by atoms with van der Waals surface area (Å²) in [5.41, 5.74) is 0. The number of hydrogen-bond acceptors (Lipinski definition) is 8. The maximum absolute atomic E-state index is 12.7. The minimum Gasteiger partial charge on any atom is -0.756 e. The van der Waals surface area contributed by atoms with Gasteiger partial charge in [-0.15, -0.1) is 0 Å². The number of esters is 2. The number of phosphoric ester groups is 1. The molecule has 0 aliphatic heterocycles. The highest BCUT2D eigenvalue weighted by Crippen LogP contribution is 2.38. The number of unbranched alkanes of at least 4 members (excludes halogenated alkanes) is 30. The van der Waals surface area contributed by atoms with Crippen molar-refractivity contribution in [3.8, 4) is 0 Å². The average molecular weight is 1060 g/mol. The second-order valence-corrected chi connectivity index (χ2v) is 23.1. The lowest BCUT2D eigenvalue weighted by molar-refractivity contribution is -0.870. The summed E-state index contributed by atoms with van der Waals surface area (Å²) in [4.78, 5) is 37.8. The Bertz CT molecular complexity index is 1480. The van der Waals surface area contributed by atoms with Crippen LogP contribution in [0.3, 0.4) is 0 Å². The zero-order valence-electron chi connectivity index (χ0n) is 48.8. The van der Waals surface area contributed by atoms with Crippen LogP contribution in [0.1, 0.15) is 271 Å². The molecule has 0 amide bonds. The van der Waals surface area contributed by atoms with E-state index < -0.39 is 32.5 Å². The summed E-state index contributed by atoms with van der Waals surface area (Å²) in [5, 5.41) is 0. The van der Waals surface area contributed by atoms with E-state index in [1.165, 1.54) is 180 Å². The molecule has 0 aliphatic rings. The number of carbonyl (C=O) groups excluding carboxylic acids is 2. The monoisotopic (exact) mass is 1060 g/mol. The van der Waals surface area contributed by atoms with E-state index in [1.54, 1.807) is 0 Å². The number of ether oxygens (including phenoxy) is 2. The molecule has 0 saturated heterocycles. The van der Waals surface area contributed by atoms with Gasteiger partial charge in [-0.2, -0.15) is 0 Å². The van der Waals surface area contributed by atoms with Gasteiger partial charge in [0.1, 0.15) is 19.8 Å². The maximum Gasteiger partial charge on any atom is 0.306 e. The minimum atomic E-state index is -4.66. The fourth-order valence-electron chi connectivity index (χ4n) is 8.57. The molecule has 0 aliphatic carbocycles. The van der Waals surface area contributed by atoms with Gasteiger partial charge in [0.2, 0.25) is 0 Å². The normalized spacial score (nSPS) is 13.8. The molecule has 0 aromatic heterocycles. The molecule has 0 aromatic rings. The molecule has 2 unspecified atom stereocenters. The van der Waals surface area contributed by atoms with Crippen molar-refractivity contribution < 1.29 is 42.1 Å². The number of quaternary nitrogens is 1. The van der Waals surface area contributed by atoms with Crippen LogP contribution >= 0.6 is 7.82 Å². The van der Waals surface area contributed by atoms with Crippen molar-refractivity contribution in [1.29, 1.82) is 0 Å². The third kappa shape index (κ3) is 58.7. The van der Waals surface area contributed by atoms with Gasteiger partial charge in [-0.3, -0.25) is 14.2 Å². The fourth-order valence-corrected chi connectivity index (χ4v) is 9.30. The van der Waals surface area contributed by atoms with Crippen molar-refractivity contribution >= 4 is 19.8 Å². The summed E-state index contributed by atoms with van der Waals surface area (Å²) in [7, 11) is 1.12. The lowest BCUT2D eigenvalue weighted by atomic mass is 10.0. The van der Waals surface area contributed by atoms with E-state index in [9.17, 15) is 19.0 Å². The van der Waals surface area contributed by atoms with Gasteiger partial charge < -0.3 is 27.9 Å². The van der Waals surface area contributed by atoms with E-state index in [4.69, 9.17) is 18.5 Å². The van der Waals surface area contributed by atoms with Crippen LogP contribution in [0, 0.1) is 0 Å². The minimum absolute atomic E-state index is 0.0462. The number of likely N-dealkylation sites (N-methyl/N-ethyl adjacent to an activating group) is 1. The lowest BCUT2D eigenvalue weighted by Crippen LogP contribution is -2.37. The molecule has 0 rings (SSSR count). The molecule has 0 heterocycles. The van der Waals surface area contributed by atoms with Crippen LogP contribution in [0.5, 0.6) is 0 Å². The summed E-state index contributed by atoms with van der Waals surface area (Å²) in [5.74, 6) is -0.925. The molecule has 0 fully saturated rings. The molecule has 0 aromatic carbocycles. The first-order valence-electron chi connectivity index (χ1n) is 30.6. The Balaban J connectivity index is 4.10. The van der Waals surface area contributed by atoms with E-state index >= 15 is 0 Å². The highest BCUT2D eigenvalue weighted by atomic mass is 31.2. The highest BCUT2D eigenvalue weighted by Gasteiger charge is 2.21. The molecule has 0 spiro atoms. The van der Waals surface area contributed by atoms with Crippen molar-refractivity contribution in [2.75, 3.05) is 47.5 Å². The molecule has 0 N–H and O–H groups in total. The van der Waals surface area contributed by atoms with Crippen molar-refractivity contribution in [2.24, 2.45) is 0 Å². The second kappa shape index (κ2) is 55.2. The standard InChI is InChI=1S/C64H116NO8P/c1-6-8-10-12-14-16-18-20-22-24-26-27-28-29-30-31-32-33-34-35-36-37-39-40-42-44-46-48-50-52-54-56-63(66)70-60-62(61-72-74(68,69)71-59-58-65(3,4)5)73-64(67)57-55-53-51-49-47-45-43-41-38-25-23-21-19-17-15-13-11-9-7-2/h9,11,15,17,21,23,38,41,45,47,51,53,62H,6-8,10,12-14,16,18-20,22,24-37,39-40,42-44,46,48-50,52,54-61H2,1-5H3/b11-9-,17-15-,23-21-,41-38-,47-45-,53-51-. The van der Waals surface area contributed by atoms with Crippen LogP contribution < -0.4 is 4.89 Å². The predicted molar refractivity (Wildman–Crippen MR) is 314 cm³/mol. The molecule has 0 radical (unpaired) electrons. The van der Waals surface area contributed by atoms with Crippen molar-refractivity contribution in [2.45, 2.75) is 277 Å². The number of phosphoric acid groups is 1. The molecule has 10 heteroatoms. The zero-order valence-corrected chi connectivity index (χ0v) is 49.7. The summed E-state index contributed by atoms with van der Waals surface area (Å²) >= 11 is 0. The van der Waals surface area contributed by atoms with E-state index in [2.05, 4.69) is 74.6 Å². The second-order valence-electron chi connectivity index (χ2n) is 21.7. The topological polar surface area (TPSA) is 111 Å². The Morgan fingerprint density at radius 3 is 1.12 bits per heavy atom. The first kappa shape index (κ1) is 71.5. The highest BCUT2D eigenvalue weighted by molar-refractivity contribution is 7.45. The molecule has 0 bridgehead atoms. The molecule has 9 nitrogen and oxygen atoms in total. The Kier molecular flexibility index (Phi) is 53.3. The van der Waals surface area contributed by atoms with Crippen molar-refractivity contribution in [3.05, 3.63) is 72.9 Å². The Morgan fingerprint density at radius 1 is 0.432 bits per heavy atom. The lowest BCUT2D eigenvalue weighted by Gasteiger charge is -2.28. The van der Waals surface area contributed by atoms with Crippen LogP contribution in [0.15, 0.2) is 72.9 Å². The number of allylic oxidation sites excluding steroid dienone is 12. The molecule has 2 atom stereocenters. The number of hydrogen-bond donors (Lipinski definition) is 0. The van der Waals surface area contributed by atoms with E-state index in [0.717, 1.165) is 57.8 Å². The Labute approximate surface area is 457 Å². The largest absolute Gasteiger partial charge is 0.756 e. The smallest absolute Gasteiger partial charge is 0.306 e. The Morgan fingerprint density at radius 2 is 0.770 bits per heavy atom. The summed E-state index contributed by atoms with van der Waals surface area (Å²) < 4.78 is 34.1. The van der Waals surface area contributed by atoms with Crippen LogP contribution in [-0.2, 0) is 32.7 Å². The van der Waals surface area contributed by atoms with Gasteiger partial charge in [-0.25, -0.2) is 0 Å². The van der Waals surface area contributed by atoms with Crippen molar-refractivity contribution in [3.63, 3.8) is 0 Å². The molecule has 430 valence electrons. The predicted octanol–water partition coefficient (Wildman–Crippen LogP) is 18.6. The van der Waals surface area contributed by atoms with Crippen LogP contribution in [0.4, 0.5) is 0 Å². The van der Waals surface area contributed by atoms with Gasteiger partial charge in [-0.1, -0.05) is 279 Å². The zero-order chi connectivity index (χ0) is 54.2. The molecular weight excluding hydrogens is 942 g/mol. The van der Waals surface area contributed by atoms with Gasteiger partial charge in [0.15, 0.2) is 6.10 Å². The SMILES string of the molecule is CC/C=C\C/C=C\C/C=C\C/C=C\C/C=C\C/C=C\CCC(=O)OC(COC(=O)CCCCCCCCCCCCCCCCCCCCCCCCCCCCCCCCC)COP(=O)([O-])OCC[N+](C)(C)C. The van der Waals surface area contributed by atoms with Crippen LogP contribution in [-0.4, -0.2) is 70.0 Å². The van der Waals surface area contributed by atoms with Gasteiger partial charge in [0, 0.05) is 12.8 Å². The third-order valence-corrected chi connectivity index (χ3v) is 14.2. The van der Waals surface area contributed by atoms with Gasteiger partial charge >= 0.3 is 11.9 Å². The van der Waals surface area contributed by atoms with E-state index in [1.807, 2.05) is 33.3 Å². The fraction of sp³-hybridized carbons (Fsp3) is 0.781. The molecular formula is C64H116NO8P. The summed E-state index contributed by atoms with van der Waals surface area (Å²) in [6.45, 7) is 4.07. The van der Waals surface area contributed by atoms with Crippen LogP contribution in [0.2, 0.25) is 0 Å². The Hall–Kier alpha value is -2.55. The summed E-state index contributed by atoms with van der Waals surface area (Å²) in [6, 6.07) is 0. The first-order valence-corrected chi connectivity index (χ1v) is 32.1. The number of carbonyl (C=O) groups is 2. The average Bonchev–Trinajstić information content (AvgIpc) is 3.36. The van der Waals surface area contributed by atoms with Gasteiger partial charge in [0.25, 0.3) is 7.82 Å².